The third kappa shape index (κ3) is 3.65. The van der Waals surface area contributed by atoms with Crippen molar-refractivity contribution in [2.75, 3.05) is 36.4 Å². The van der Waals surface area contributed by atoms with Crippen LogP contribution in [0.1, 0.15) is 18.5 Å². The van der Waals surface area contributed by atoms with Crippen molar-refractivity contribution in [3.8, 4) is 11.8 Å². The van der Waals surface area contributed by atoms with Gasteiger partial charge in [0.2, 0.25) is 0 Å². The number of benzene rings is 1. The summed E-state index contributed by atoms with van der Waals surface area (Å²) < 4.78 is 1.99. The van der Waals surface area contributed by atoms with Crippen molar-refractivity contribution >= 4 is 17.3 Å². The zero-order valence-corrected chi connectivity index (χ0v) is 16.1. The second kappa shape index (κ2) is 7.53. The summed E-state index contributed by atoms with van der Waals surface area (Å²) in [5.41, 5.74) is 2.62. The summed E-state index contributed by atoms with van der Waals surface area (Å²) >= 11 is 0. The van der Waals surface area contributed by atoms with Gasteiger partial charge in [0.25, 0.3) is 0 Å². The van der Waals surface area contributed by atoms with Crippen LogP contribution in [-0.2, 0) is 0 Å². The summed E-state index contributed by atoms with van der Waals surface area (Å²) in [6.45, 7) is 4.60. The van der Waals surface area contributed by atoms with Crippen LogP contribution in [0, 0.1) is 11.3 Å². The minimum atomic E-state index is 0.288. The highest BCUT2D eigenvalue weighted by Gasteiger charge is 2.30. The Bertz CT molecular complexity index is 1040. The fourth-order valence-electron chi connectivity index (χ4n) is 4.19. The highest BCUT2D eigenvalue weighted by molar-refractivity contribution is 5.56. The Kier molecular flexibility index (Phi) is 4.58. The Labute approximate surface area is 169 Å². The molecular weight excluding hydrogens is 364 g/mol. The molecule has 1 aromatic carbocycles. The minimum absolute atomic E-state index is 0.288. The van der Waals surface area contributed by atoms with E-state index in [0.29, 0.717) is 17.7 Å². The molecule has 0 aliphatic carbocycles. The van der Waals surface area contributed by atoms with Crippen LogP contribution < -0.4 is 10.2 Å². The number of nitrogens with zero attached hydrogens (tertiary/aromatic N) is 7. The third-order valence-corrected chi connectivity index (χ3v) is 5.69. The Morgan fingerprint density at radius 3 is 2.83 bits per heavy atom. The molecule has 3 aromatic rings. The largest absolute Gasteiger partial charge is 0.369 e. The van der Waals surface area contributed by atoms with E-state index < -0.39 is 0 Å². The quantitative estimate of drug-likeness (QED) is 0.737. The Morgan fingerprint density at radius 2 is 1.97 bits per heavy atom. The molecule has 2 aliphatic heterocycles. The molecule has 0 amide bonds. The lowest BCUT2D eigenvalue weighted by Gasteiger charge is -2.39. The fourth-order valence-corrected chi connectivity index (χ4v) is 4.19. The van der Waals surface area contributed by atoms with Crippen molar-refractivity contribution in [1.29, 1.82) is 5.26 Å². The molecule has 2 aromatic heterocycles. The summed E-state index contributed by atoms with van der Waals surface area (Å²) in [5, 5.41) is 11.9. The second-order valence-electron chi connectivity index (χ2n) is 7.49. The molecule has 2 saturated heterocycles. The van der Waals surface area contributed by atoms with Gasteiger partial charge in [0.05, 0.1) is 18.6 Å². The number of anilines is 3. The normalized spacial score (nSPS) is 19.0. The monoisotopic (exact) mass is 386 g/mol. The van der Waals surface area contributed by atoms with Gasteiger partial charge < -0.3 is 14.8 Å². The Hall–Kier alpha value is -3.44. The number of nitrogens with one attached hydrogen (secondary N) is 1. The maximum Gasteiger partial charge on any atom is 0.158 e. The van der Waals surface area contributed by atoms with Gasteiger partial charge in [0.15, 0.2) is 5.69 Å². The molecule has 8 heteroatoms. The Morgan fingerprint density at radius 1 is 1.03 bits per heavy atom. The van der Waals surface area contributed by atoms with Crippen molar-refractivity contribution in [3.05, 3.63) is 54.9 Å². The maximum atomic E-state index is 8.81. The van der Waals surface area contributed by atoms with Crippen molar-refractivity contribution < 1.29 is 0 Å². The van der Waals surface area contributed by atoms with E-state index in [0.717, 1.165) is 25.3 Å². The van der Waals surface area contributed by atoms with Crippen LogP contribution in [0.4, 0.5) is 17.3 Å². The van der Waals surface area contributed by atoms with Crippen molar-refractivity contribution in [2.45, 2.75) is 18.9 Å². The number of rotatable bonds is 4. The van der Waals surface area contributed by atoms with Gasteiger partial charge in [-0.3, -0.25) is 4.90 Å². The molecule has 0 saturated carbocycles. The van der Waals surface area contributed by atoms with E-state index in [9.17, 15) is 0 Å². The third-order valence-electron chi connectivity index (χ3n) is 5.69. The van der Waals surface area contributed by atoms with Gasteiger partial charge in [0, 0.05) is 37.1 Å². The summed E-state index contributed by atoms with van der Waals surface area (Å²) in [6, 6.07) is 11.3. The van der Waals surface area contributed by atoms with E-state index in [4.69, 9.17) is 5.26 Å². The summed E-state index contributed by atoms with van der Waals surface area (Å²) in [6.07, 6.45) is 9.31. The number of fused-ring (bicyclic) bond motifs is 1. The lowest BCUT2D eigenvalue weighted by atomic mass is 10.1. The molecule has 0 radical (unpaired) electrons. The lowest BCUT2D eigenvalue weighted by Crippen LogP contribution is -2.50. The van der Waals surface area contributed by atoms with E-state index in [1.807, 2.05) is 16.8 Å². The molecule has 8 nitrogen and oxygen atoms in total. The standard InChI is InChI=1S/C21H22N8/c22-10-16-11-24-20(12-23-16)26-21-14-29(15-25-21)18-4-1-3-17(9-18)28-8-7-27-6-2-5-19(27)13-28/h1,3-4,9,11-12,14-15,19H,2,5-8,13H2,(H,24,26). The van der Waals surface area contributed by atoms with Crippen LogP contribution in [0.2, 0.25) is 0 Å². The molecule has 4 heterocycles. The molecule has 5 rings (SSSR count). The molecule has 1 N–H and O–H groups in total. The first-order chi connectivity index (χ1) is 14.3. The average Bonchev–Trinajstić information content (AvgIpc) is 3.43. The average molecular weight is 386 g/mol. The molecular formula is C21H22N8. The van der Waals surface area contributed by atoms with E-state index in [1.54, 1.807) is 6.33 Å². The van der Waals surface area contributed by atoms with Crippen LogP contribution >= 0.6 is 0 Å². The van der Waals surface area contributed by atoms with Crippen LogP contribution in [0.3, 0.4) is 0 Å². The van der Waals surface area contributed by atoms with Crippen molar-refractivity contribution in [3.63, 3.8) is 0 Å². The zero-order chi connectivity index (χ0) is 19.6. The zero-order valence-electron chi connectivity index (χ0n) is 16.1. The second-order valence-corrected chi connectivity index (χ2v) is 7.49. The molecule has 2 fully saturated rings. The van der Waals surface area contributed by atoms with Gasteiger partial charge in [-0.2, -0.15) is 5.26 Å². The molecule has 0 spiro atoms. The van der Waals surface area contributed by atoms with E-state index >= 15 is 0 Å². The minimum Gasteiger partial charge on any atom is -0.369 e. The highest BCUT2D eigenvalue weighted by atomic mass is 15.3. The van der Waals surface area contributed by atoms with Crippen LogP contribution in [-0.4, -0.2) is 56.6 Å². The SMILES string of the molecule is N#Cc1cnc(Nc2cn(-c3cccc(N4CCN5CCCC5C4)c3)cn2)cn1. The smallest absolute Gasteiger partial charge is 0.158 e. The number of imidazole rings is 1. The van der Waals surface area contributed by atoms with Gasteiger partial charge in [-0.1, -0.05) is 6.07 Å². The van der Waals surface area contributed by atoms with Gasteiger partial charge in [-0.25, -0.2) is 15.0 Å². The van der Waals surface area contributed by atoms with E-state index in [1.165, 1.54) is 37.5 Å². The Balaban J connectivity index is 1.31. The predicted octanol–water partition coefficient (Wildman–Crippen LogP) is 2.56. The number of hydrogen-bond donors (Lipinski definition) is 1. The summed E-state index contributed by atoms with van der Waals surface area (Å²) in [7, 11) is 0. The number of hydrogen-bond acceptors (Lipinski definition) is 7. The topological polar surface area (TPSA) is 85.9 Å². The molecule has 0 bridgehead atoms. The maximum absolute atomic E-state index is 8.81. The number of nitriles is 1. The molecule has 146 valence electrons. The highest BCUT2D eigenvalue weighted by Crippen LogP contribution is 2.27. The summed E-state index contributed by atoms with van der Waals surface area (Å²) in [4.78, 5) is 17.7. The molecule has 2 aliphatic rings. The van der Waals surface area contributed by atoms with Crippen molar-refractivity contribution in [2.24, 2.45) is 0 Å². The number of piperazine rings is 1. The van der Waals surface area contributed by atoms with Gasteiger partial charge in [-0.15, -0.1) is 0 Å². The van der Waals surface area contributed by atoms with Crippen LogP contribution in [0.5, 0.6) is 0 Å². The molecule has 1 atom stereocenters. The first kappa shape index (κ1) is 17.6. The predicted molar refractivity (Wildman–Crippen MR) is 110 cm³/mol. The first-order valence-corrected chi connectivity index (χ1v) is 9.91. The molecule has 29 heavy (non-hydrogen) atoms. The van der Waals surface area contributed by atoms with Crippen molar-refractivity contribution in [1.82, 2.24) is 24.4 Å². The van der Waals surface area contributed by atoms with Gasteiger partial charge in [0.1, 0.15) is 24.0 Å². The molecule has 1 unspecified atom stereocenters. The lowest BCUT2D eigenvalue weighted by molar-refractivity contribution is 0.231. The fraction of sp³-hybridized carbons (Fsp3) is 0.333. The van der Waals surface area contributed by atoms with Gasteiger partial charge >= 0.3 is 0 Å². The number of aromatic nitrogens is 4. The van der Waals surface area contributed by atoms with Crippen LogP contribution in [0.25, 0.3) is 5.69 Å². The first-order valence-electron chi connectivity index (χ1n) is 9.91. The van der Waals surface area contributed by atoms with Crippen LogP contribution in [0.15, 0.2) is 49.2 Å². The van der Waals surface area contributed by atoms with E-state index in [2.05, 4.69) is 54.3 Å². The summed E-state index contributed by atoms with van der Waals surface area (Å²) in [5.74, 6) is 1.23. The van der Waals surface area contributed by atoms with E-state index in [-0.39, 0.29) is 5.69 Å². The van der Waals surface area contributed by atoms with Gasteiger partial charge in [-0.05, 0) is 37.6 Å².